The SMILES string of the molecule is CCCCCCCC[P+](=O)OC1CCCCC1. The summed E-state index contributed by atoms with van der Waals surface area (Å²) in [6, 6.07) is 0. The molecule has 1 rings (SSSR count). The fourth-order valence-electron chi connectivity index (χ4n) is 2.41. The predicted molar refractivity (Wildman–Crippen MR) is 73.8 cm³/mol. The maximum Gasteiger partial charge on any atom is 0.508 e. The van der Waals surface area contributed by atoms with Crippen LogP contribution in [0.3, 0.4) is 0 Å². The van der Waals surface area contributed by atoms with Gasteiger partial charge in [0.2, 0.25) is 0 Å². The second-order valence-corrected chi connectivity index (χ2v) is 6.51. The van der Waals surface area contributed by atoms with Gasteiger partial charge in [-0.1, -0.05) is 51.9 Å². The fraction of sp³-hybridized carbons (Fsp3) is 1.00. The number of hydrogen-bond donors (Lipinski definition) is 0. The van der Waals surface area contributed by atoms with E-state index < -0.39 is 8.03 Å². The second kappa shape index (κ2) is 10.0. The third kappa shape index (κ3) is 7.89. The predicted octanol–water partition coefficient (Wildman–Crippen LogP) is 5.44. The van der Waals surface area contributed by atoms with Gasteiger partial charge in [-0.05, 0) is 30.2 Å². The standard InChI is InChI=1S/C14H28O2P/c1-2-3-4-5-6-10-13-17(15)16-14-11-8-7-9-12-14/h14H,2-13H2,1H3/q+1. The Morgan fingerprint density at radius 1 is 1.00 bits per heavy atom. The van der Waals surface area contributed by atoms with Gasteiger partial charge in [0.15, 0.2) is 6.16 Å². The van der Waals surface area contributed by atoms with E-state index in [1.54, 1.807) is 0 Å². The van der Waals surface area contributed by atoms with Crippen molar-refractivity contribution in [3.8, 4) is 0 Å². The van der Waals surface area contributed by atoms with Crippen LogP contribution in [0.25, 0.3) is 0 Å². The molecule has 1 unspecified atom stereocenters. The van der Waals surface area contributed by atoms with Crippen molar-refractivity contribution in [2.75, 3.05) is 6.16 Å². The zero-order chi connectivity index (χ0) is 12.3. The second-order valence-electron chi connectivity index (χ2n) is 5.19. The van der Waals surface area contributed by atoms with Gasteiger partial charge >= 0.3 is 8.03 Å². The minimum Gasteiger partial charge on any atom is -0.143 e. The first-order chi connectivity index (χ1) is 8.33. The average Bonchev–Trinajstić information content (AvgIpc) is 2.35. The molecule has 0 aromatic heterocycles. The van der Waals surface area contributed by atoms with Crippen molar-refractivity contribution in [1.29, 1.82) is 0 Å². The maximum absolute atomic E-state index is 11.7. The molecular formula is C14H28O2P+. The van der Waals surface area contributed by atoms with Crippen molar-refractivity contribution in [2.24, 2.45) is 0 Å². The first-order valence-electron chi connectivity index (χ1n) is 7.44. The monoisotopic (exact) mass is 259 g/mol. The Balaban J connectivity index is 1.93. The highest BCUT2D eigenvalue weighted by Gasteiger charge is 2.25. The van der Waals surface area contributed by atoms with Gasteiger partial charge in [-0.2, -0.15) is 0 Å². The minimum absolute atomic E-state index is 0.299. The number of hydrogen-bond acceptors (Lipinski definition) is 2. The van der Waals surface area contributed by atoms with Gasteiger partial charge in [0.1, 0.15) is 6.10 Å². The molecule has 0 spiro atoms. The van der Waals surface area contributed by atoms with Crippen molar-refractivity contribution < 1.29 is 9.09 Å². The van der Waals surface area contributed by atoms with Gasteiger partial charge in [-0.15, -0.1) is 4.52 Å². The fourth-order valence-corrected chi connectivity index (χ4v) is 3.54. The third-order valence-corrected chi connectivity index (χ3v) is 4.73. The van der Waals surface area contributed by atoms with Crippen molar-refractivity contribution in [2.45, 2.75) is 83.7 Å². The van der Waals surface area contributed by atoms with Crippen LogP contribution in [0.1, 0.15) is 77.6 Å². The van der Waals surface area contributed by atoms with Gasteiger partial charge in [0, 0.05) is 0 Å². The smallest absolute Gasteiger partial charge is 0.143 e. The number of rotatable bonds is 9. The lowest BCUT2D eigenvalue weighted by Crippen LogP contribution is -2.13. The minimum atomic E-state index is -1.38. The first kappa shape index (κ1) is 15.1. The molecule has 2 nitrogen and oxygen atoms in total. The molecule has 1 fully saturated rings. The lowest BCUT2D eigenvalue weighted by molar-refractivity contribution is 0.165. The van der Waals surface area contributed by atoms with Crippen molar-refractivity contribution in [1.82, 2.24) is 0 Å². The topological polar surface area (TPSA) is 26.3 Å². The molecule has 1 aliphatic rings. The van der Waals surface area contributed by atoms with Crippen LogP contribution in [-0.2, 0) is 9.09 Å². The van der Waals surface area contributed by atoms with E-state index in [0.717, 1.165) is 25.4 Å². The lowest BCUT2D eigenvalue weighted by atomic mass is 9.98. The van der Waals surface area contributed by atoms with Gasteiger partial charge in [-0.25, -0.2) is 0 Å². The molecule has 100 valence electrons. The third-order valence-electron chi connectivity index (χ3n) is 3.51. The highest BCUT2D eigenvalue weighted by Crippen LogP contribution is 2.32. The quantitative estimate of drug-likeness (QED) is 0.407. The lowest BCUT2D eigenvalue weighted by Gasteiger charge is -2.15. The van der Waals surface area contributed by atoms with Crippen LogP contribution >= 0.6 is 8.03 Å². The molecule has 0 radical (unpaired) electrons. The zero-order valence-corrected chi connectivity index (χ0v) is 12.2. The summed E-state index contributed by atoms with van der Waals surface area (Å²) in [5, 5.41) is 0. The summed E-state index contributed by atoms with van der Waals surface area (Å²) in [6.45, 7) is 2.23. The molecule has 1 atom stereocenters. The highest BCUT2D eigenvalue weighted by atomic mass is 31.1. The zero-order valence-electron chi connectivity index (χ0n) is 11.3. The molecule has 0 N–H and O–H groups in total. The van der Waals surface area contributed by atoms with E-state index in [-0.39, 0.29) is 0 Å². The van der Waals surface area contributed by atoms with Gasteiger partial charge < -0.3 is 0 Å². The van der Waals surface area contributed by atoms with E-state index in [9.17, 15) is 4.57 Å². The maximum atomic E-state index is 11.7. The van der Waals surface area contributed by atoms with Gasteiger partial charge in [-0.3, -0.25) is 0 Å². The van der Waals surface area contributed by atoms with Gasteiger partial charge in [0.05, 0.1) is 0 Å². The van der Waals surface area contributed by atoms with Crippen LogP contribution in [0, 0.1) is 0 Å². The average molecular weight is 259 g/mol. The molecule has 17 heavy (non-hydrogen) atoms. The molecule has 0 aliphatic heterocycles. The molecule has 0 saturated heterocycles. The largest absolute Gasteiger partial charge is 0.508 e. The van der Waals surface area contributed by atoms with Crippen molar-refractivity contribution in [3.63, 3.8) is 0 Å². The van der Waals surface area contributed by atoms with E-state index in [4.69, 9.17) is 4.52 Å². The molecule has 0 heterocycles. The van der Waals surface area contributed by atoms with Crippen LogP contribution in [0.4, 0.5) is 0 Å². The van der Waals surface area contributed by atoms with Crippen LogP contribution in [0.2, 0.25) is 0 Å². The number of unbranched alkanes of at least 4 members (excludes halogenated alkanes) is 5. The van der Waals surface area contributed by atoms with Crippen molar-refractivity contribution in [3.05, 3.63) is 0 Å². The normalized spacial score (nSPS) is 18.3. The molecule has 0 aromatic carbocycles. The Morgan fingerprint density at radius 2 is 1.65 bits per heavy atom. The van der Waals surface area contributed by atoms with Crippen LogP contribution in [0.5, 0.6) is 0 Å². The van der Waals surface area contributed by atoms with Crippen LogP contribution < -0.4 is 0 Å². The molecule has 0 bridgehead atoms. The Labute approximate surface area is 107 Å². The van der Waals surface area contributed by atoms with Crippen molar-refractivity contribution >= 4 is 8.03 Å². The van der Waals surface area contributed by atoms with Crippen LogP contribution in [0.15, 0.2) is 0 Å². The van der Waals surface area contributed by atoms with E-state index in [2.05, 4.69) is 6.92 Å². The summed E-state index contributed by atoms with van der Waals surface area (Å²) < 4.78 is 17.4. The molecule has 1 aliphatic carbocycles. The molecule has 1 saturated carbocycles. The van der Waals surface area contributed by atoms with E-state index in [0.29, 0.717) is 6.10 Å². The summed E-state index contributed by atoms with van der Waals surface area (Å²) in [7, 11) is -1.38. The summed E-state index contributed by atoms with van der Waals surface area (Å²) >= 11 is 0. The molecular weight excluding hydrogens is 231 g/mol. The Morgan fingerprint density at radius 3 is 2.35 bits per heavy atom. The summed E-state index contributed by atoms with van der Waals surface area (Å²) in [5.74, 6) is 0. The summed E-state index contributed by atoms with van der Waals surface area (Å²) in [5.41, 5.74) is 0. The van der Waals surface area contributed by atoms with Crippen LogP contribution in [-0.4, -0.2) is 12.3 Å². The van der Waals surface area contributed by atoms with E-state index >= 15 is 0 Å². The summed E-state index contributed by atoms with van der Waals surface area (Å²) in [4.78, 5) is 0. The molecule has 3 heteroatoms. The summed E-state index contributed by atoms with van der Waals surface area (Å²) in [6.07, 6.45) is 14.7. The van der Waals surface area contributed by atoms with Gasteiger partial charge in [0.25, 0.3) is 0 Å². The Bertz CT molecular complexity index is 200. The molecule has 0 aromatic rings. The van der Waals surface area contributed by atoms with E-state index in [1.807, 2.05) is 0 Å². The highest BCUT2D eigenvalue weighted by molar-refractivity contribution is 7.39. The molecule has 0 amide bonds. The first-order valence-corrected chi connectivity index (χ1v) is 8.80. The Hall–Kier alpha value is 0.0600. The van der Waals surface area contributed by atoms with E-state index in [1.165, 1.54) is 51.4 Å². The Kier molecular flexibility index (Phi) is 8.92.